The van der Waals surface area contributed by atoms with Crippen LogP contribution < -0.4 is 10.6 Å². The molecule has 5 heterocycles. The molecule has 0 amide bonds. The molecule has 8 nitrogen and oxygen atoms in total. The zero-order chi connectivity index (χ0) is 23.6. The van der Waals surface area contributed by atoms with Crippen molar-refractivity contribution in [2.45, 2.75) is 47.6 Å². The standard InChI is InChI=1S/C26H26N6O2S/c33-35(34)23-11-15(21-13-29-25(31-21)19-3-1-9-27-19)5-7-17(23)18-8-6-16(12-24(18)35)22-14-30-26(32-22)20-4-2-10-28-20/h5-8,11-14,19-20,27-28H,1-4,9-10H2,(H,29,31)(H,30,32)/t19-,20-/m0/s1. The molecule has 3 aliphatic rings. The normalized spacial score (nSPS) is 22.4. The molecule has 0 bridgehead atoms. The second-order valence-corrected chi connectivity index (χ2v) is 11.5. The van der Waals surface area contributed by atoms with Crippen molar-refractivity contribution in [2.24, 2.45) is 0 Å². The smallest absolute Gasteiger partial charge is 0.207 e. The number of nitrogens with zero attached hydrogens (tertiary/aromatic N) is 2. The summed E-state index contributed by atoms with van der Waals surface area (Å²) in [5.41, 5.74) is 4.78. The topological polar surface area (TPSA) is 116 Å². The van der Waals surface area contributed by atoms with E-state index >= 15 is 0 Å². The van der Waals surface area contributed by atoms with Gasteiger partial charge in [0.05, 0.1) is 45.7 Å². The van der Waals surface area contributed by atoms with Crippen molar-refractivity contribution in [3.8, 4) is 33.6 Å². The lowest BCUT2D eigenvalue weighted by Gasteiger charge is -2.06. The number of benzene rings is 2. The number of imidazole rings is 2. The van der Waals surface area contributed by atoms with Crippen LogP contribution in [-0.4, -0.2) is 41.4 Å². The van der Waals surface area contributed by atoms with E-state index in [9.17, 15) is 8.42 Å². The molecule has 2 aromatic heterocycles. The first-order valence-electron chi connectivity index (χ1n) is 12.2. The van der Waals surface area contributed by atoms with E-state index in [1.54, 1.807) is 24.5 Å². The molecule has 35 heavy (non-hydrogen) atoms. The van der Waals surface area contributed by atoms with Crippen LogP contribution in [0.4, 0.5) is 0 Å². The van der Waals surface area contributed by atoms with Gasteiger partial charge in [0.15, 0.2) is 0 Å². The maximum absolute atomic E-state index is 13.6. The Morgan fingerprint density at radius 3 is 1.63 bits per heavy atom. The van der Waals surface area contributed by atoms with Crippen LogP contribution in [0.2, 0.25) is 0 Å². The second-order valence-electron chi connectivity index (χ2n) is 9.59. The van der Waals surface area contributed by atoms with E-state index < -0.39 is 9.84 Å². The molecule has 178 valence electrons. The Hall–Kier alpha value is -3.27. The fourth-order valence-corrected chi connectivity index (χ4v) is 7.28. The fourth-order valence-electron chi connectivity index (χ4n) is 5.54. The molecule has 4 aromatic rings. The quantitative estimate of drug-likeness (QED) is 0.304. The molecule has 2 saturated heterocycles. The molecule has 0 unspecified atom stereocenters. The highest BCUT2D eigenvalue weighted by atomic mass is 32.2. The number of sulfone groups is 1. The Balaban J connectivity index is 1.23. The van der Waals surface area contributed by atoms with Crippen molar-refractivity contribution in [2.75, 3.05) is 13.1 Å². The third-order valence-corrected chi connectivity index (χ3v) is 9.26. The Morgan fingerprint density at radius 2 is 1.20 bits per heavy atom. The van der Waals surface area contributed by atoms with Gasteiger partial charge in [-0.2, -0.15) is 0 Å². The van der Waals surface area contributed by atoms with Crippen LogP contribution in [0.3, 0.4) is 0 Å². The first-order valence-corrected chi connectivity index (χ1v) is 13.7. The average molecular weight is 487 g/mol. The predicted octanol–water partition coefficient (Wildman–Crippen LogP) is 4.13. The third-order valence-electron chi connectivity index (χ3n) is 7.43. The summed E-state index contributed by atoms with van der Waals surface area (Å²) in [6, 6.07) is 11.7. The largest absolute Gasteiger partial charge is 0.341 e. The summed E-state index contributed by atoms with van der Waals surface area (Å²) in [5.74, 6) is 1.81. The highest BCUT2D eigenvalue weighted by molar-refractivity contribution is 7.92. The van der Waals surface area contributed by atoms with E-state index in [0.717, 1.165) is 84.1 Å². The lowest BCUT2D eigenvalue weighted by Crippen LogP contribution is -2.14. The van der Waals surface area contributed by atoms with Crippen LogP contribution in [0.15, 0.2) is 58.6 Å². The lowest BCUT2D eigenvalue weighted by molar-refractivity contribution is 0.598. The summed E-state index contributed by atoms with van der Waals surface area (Å²) in [7, 11) is -3.64. The van der Waals surface area contributed by atoms with Gasteiger partial charge in [0, 0.05) is 22.3 Å². The number of aromatic amines is 2. The van der Waals surface area contributed by atoms with Gasteiger partial charge in [-0.25, -0.2) is 18.4 Å². The summed E-state index contributed by atoms with van der Waals surface area (Å²) in [6.07, 6.45) is 7.96. The Morgan fingerprint density at radius 1 is 0.714 bits per heavy atom. The van der Waals surface area contributed by atoms with E-state index in [0.29, 0.717) is 9.79 Å². The minimum atomic E-state index is -3.64. The minimum Gasteiger partial charge on any atom is -0.341 e. The molecular weight excluding hydrogens is 460 g/mol. The van der Waals surface area contributed by atoms with Crippen molar-refractivity contribution in [3.63, 3.8) is 0 Å². The summed E-state index contributed by atoms with van der Waals surface area (Å²) >= 11 is 0. The number of nitrogens with one attached hydrogen (secondary N) is 4. The van der Waals surface area contributed by atoms with Gasteiger partial charge < -0.3 is 20.6 Å². The van der Waals surface area contributed by atoms with Gasteiger partial charge >= 0.3 is 0 Å². The fraction of sp³-hybridized carbons (Fsp3) is 0.308. The van der Waals surface area contributed by atoms with E-state index in [2.05, 4.69) is 30.6 Å². The Labute approximate surface area is 203 Å². The van der Waals surface area contributed by atoms with Crippen molar-refractivity contribution < 1.29 is 8.42 Å². The summed E-state index contributed by atoms with van der Waals surface area (Å²) in [6.45, 7) is 1.99. The van der Waals surface area contributed by atoms with Crippen LogP contribution in [0.25, 0.3) is 33.6 Å². The van der Waals surface area contributed by atoms with Crippen molar-refractivity contribution >= 4 is 9.84 Å². The number of rotatable bonds is 4. The second kappa shape index (κ2) is 7.87. The van der Waals surface area contributed by atoms with E-state index in [1.807, 2.05) is 24.3 Å². The van der Waals surface area contributed by atoms with Crippen LogP contribution >= 0.6 is 0 Å². The van der Waals surface area contributed by atoms with Crippen molar-refractivity contribution in [1.29, 1.82) is 0 Å². The first-order chi connectivity index (χ1) is 17.1. The number of hydrogen-bond acceptors (Lipinski definition) is 6. The van der Waals surface area contributed by atoms with E-state index in [-0.39, 0.29) is 12.1 Å². The molecule has 0 saturated carbocycles. The maximum Gasteiger partial charge on any atom is 0.207 e. The number of H-pyrrole nitrogens is 2. The molecule has 2 fully saturated rings. The molecule has 9 heteroatoms. The van der Waals surface area contributed by atoms with Crippen molar-refractivity contribution in [3.05, 3.63) is 60.4 Å². The van der Waals surface area contributed by atoms with Gasteiger partial charge in [0.2, 0.25) is 9.84 Å². The monoisotopic (exact) mass is 486 g/mol. The highest BCUT2D eigenvalue weighted by Crippen LogP contribution is 2.45. The Bertz CT molecular complexity index is 1430. The number of hydrogen-bond donors (Lipinski definition) is 4. The molecule has 0 spiro atoms. The van der Waals surface area contributed by atoms with Gasteiger partial charge in [-0.15, -0.1) is 0 Å². The zero-order valence-electron chi connectivity index (χ0n) is 19.1. The summed E-state index contributed by atoms with van der Waals surface area (Å²) in [4.78, 5) is 16.5. The summed E-state index contributed by atoms with van der Waals surface area (Å²) < 4.78 is 27.2. The van der Waals surface area contributed by atoms with Gasteiger partial charge in [0.1, 0.15) is 11.6 Å². The van der Waals surface area contributed by atoms with Gasteiger partial charge in [-0.05, 0) is 50.9 Å². The lowest BCUT2D eigenvalue weighted by atomic mass is 10.0. The molecule has 7 rings (SSSR count). The van der Waals surface area contributed by atoms with Crippen LogP contribution in [0.1, 0.15) is 49.4 Å². The molecule has 2 aromatic carbocycles. The first kappa shape index (κ1) is 21.0. The molecular formula is C26H26N6O2S. The average Bonchev–Trinajstić information content (AvgIpc) is 3.70. The third kappa shape index (κ3) is 3.37. The van der Waals surface area contributed by atoms with Gasteiger partial charge in [-0.1, -0.05) is 24.3 Å². The predicted molar refractivity (Wildman–Crippen MR) is 132 cm³/mol. The number of aromatic nitrogens is 4. The maximum atomic E-state index is 13.6. The summed E-state index contributed by atoms with van der Waals surface area (Å²) in [5, 5.41) is 6.88. The molecule has 0 aliphatic carbocycles. The van der Waals surface area contributed by atoms with Gasteiger partial charge in [-0.3, -0.25) is 0 Å². The molecule has 3 aliphatic heterocycles. The van der Waals surface area contributed by atoms with Gasteiger partial charge in [0.25, 0.3) is 0 Å². The molecule has 0 radical (unpaired) electrons. The van der Waals surface area contributed by atoms with E-state index in [4.69, 9.17) is 0 Å². The van der Waals surface area contributed by atoms with Crippen LogP contribution in [0.5, 0.6) is 0 Å². The molecule has 4 N–H and O–H groups in total. The van der Waals surface area contributed by atoms with Crippen LogP contribution in [0, 0.1) is 0 Å². The Kier molecular flexibility index (Phi) is 4.74. The number of fused-ring (bicyclic) bond motifs is 3. The highest BCUT2D eigenvalue weighted by Gasteiger charge is 2.34. The molecule has 2 atom stereocenters. The zero-order valence-corrected chi connectivity index (χ0v) is 20.0. The minimum absolute atomic E-state index is 0.233. The SMILES string of the molecule is O=S1(=O)c2cc(-c3cnc([C@@H]4CCCN4)[nH]3)ccc2-c2ccc(-c3cnc([C@@H]4CCCN4)[nH]3)cc21. The van der Waals surface area contributed by atoms with E-state index in [1.165, 1.54) is 0 Å². The van der Waals surface area contributed by atoms with Crippen LogP contribution in [-0.2, 0) is 9.84 Å². The van der Waals surface area contributed by atoms with Crippen molar-refractivity contribution in [1.82, 2.24) is 30.6 Å².